The number of hydrogen-bond donors (Lipinski definition) is 0. The molecule has 0 aliphatic heterocycles. The smallest absolute Gasteiger partial charge is 0.123 e. The average Bonchev–Trinajstić information content (AvgIpc) is 2.30. The lowest BCUT2D eigenvalue weighted by Crippen LogP contribution is -1.76. The van der Waals surface area contributed by atoms with Gasteiger partial charge in [0.2, 0.25) is 0 Å². The second-order valence-electron chi connectivity index (χ2n) is 3.80. The minimum Gasteiger partial charge on any atom is -0.207 e. The first-order chi connectivity index (χ1) is 7.74. The molecule has 0 aliphatic rings. The number of benzene rings is 2. The van der Waals surface area contributed by atoms with Crippen molar-refractivity contribution in [2.24, 2.45) is 0 Å². The summed E-state index contributed by atoms with van der Waals surface area (Å²) in [6.07, 6.45) is 4.00. The van der Waals surface area contributed by atoms with Gasteiger partial charge in [-0.05, 0) is 30.2 Å². The molecule has 2 aromatic carbocycles. The third-order valence-electron chi connectivity index (χ3n) is 2.42. The van der Waals surface area contributed by atoms with Gasteiger partial charge in [-0.3, -0.25) is 0 Å². The maximum atomic E-state index is 12.7. The van der Waals surface area contributed by atoms with Gasteiger partial charge in [-0.15, -0.1) is 0 Å². The topological polar surface area (TPSA) is 0 Å². The van der Waals surface area contributed by atoms with Crippen molar-refractivity contribution in [2.45, 2.75) is 6.92 Å². The third kappa shape index (κ3) is 2.80. The van der Waals surface area contributed by atoms with E-state index in [4.69, 9.17) is 0 Å². The van der Waals surface area contributed by atoms with E-state index >= 15 is 0 Å². The summed E-state index contributed by atoms with van der Waals surface area (Å²) in [5, 5.41) is 0. The van der Waals surface area contributed by atoms with E-state index in [9.17, 15) is 4.39 Å². The maximum Gasteiger partial charge on any atom is 0.123 e. The van der Waals surface area contributed by atoms with Crippen LogP contribution < -0.4 is 0 Å². The van der Waals surface area contributed by atoms with Crippen LogP contribution >= 0.6 is 0 Å². The van der Waals surface area contributed by atoms with Gasteiger partial charge in [-0.25, -0.2) is 4.39 Å². The summed E-state index contributed by atoms with van der Waals surface area (Å²) in [5.41, 5.74) is 3.40. The first-order valence-electron chi connectivity index (χ1n) is 5.24. The lowest BCUT2D eigenvalue weighted by Gasteiger charge is -1.95. The molecule has 0 radical (unpaired) electrons. The predicted molar refractivity (Wildman–Crippen MR) is 66.5 cm³/mol. The quantitative estimate of drug-likeness (QED) is 0.651. The zero-order valence-corrected chi connectivity index (χ0v) is 9.15. The first-order valence-corrected chi connectivity index (χ1v) is 5.24. The highest BCUT2D eigenvalue weighted by Gasteiger charge is 1.90. The Kier molecular flexibility index (Phi) is 3.16. The monoisotopic (exact) mass is 212 g/mol. The van der Waals surface area contributed by atoms with E-state index in [1.807, 2.05) is 12.2 Å². The van der Waals surface area contributed by atoms with Gasteiger partial charge in [0, 0.05) is 0 Å². The van der Waals surface area contributed by atoms with E-state index in [0.717, 1.165) is 11.1 Å². The van der Waals surface area contributed by atoms with E-state index in [-0.39, 0.29) is 5.82 Å². The summed E-state index contributed by atoms with van der Waals surface area (Å²) in [5.74, 6) is -0.201. The van der Waals surface area contributed by atoms with Crippen molar-refractivity contribution in [1.82, 2.24) is 0 Å². The van der Waals surface area contributed by atoms with Crippen LogP contribution in [0.4, 0.5) is 4.39 Å². The Hall–Kier alpha value is -1.89. The van der Waals surface area contributed by atoms with Gasteiger partial charge >= 0.3 is 0 Å². The van der Waals surface area contributed by atoms with E-state index < -0.39 is 0 Å². The molecule has 0 bridgehead atoms. The molecule has 0 heterocycles. The number of rotatable bonds is 2. The van der Waals surface area contributed by atoms with Gasteiger partial charge in [0.25, 0.3) is 0 Å². The molecule has 0 aliphatic carbocycles. The van der Waals surface area contributed by atoms with Crippen LogP contribution in [0.2, 0.25) is 0 Å². The summed E-state index contributed by atoms with van der Waals surface area (Å²) < 4.78 is 12.7. The fraction of sp³-hybridized carbons (Fsp3) is 0.0667. The zero-order valence-electron chi connectivity index (χ0n) is 9.15. The fourth-order valence-electron chi connectivity index (χ4n) is 1.44. The number of halogens is 1. The molecule has 16 heavy (non-hydrogen) atoms. The van der Waals surface area contributed by atoms with Crippen LogP contribution in [-0.2, 0) is 0 Å². The Morgan fingerprint density at radius 1 is 0.750 bits per heavy atom. The number of aryl methyl sites for hydroxylation is 1. The average molecular weight is 212 g/mol. The van der Waals surface area contributed by atoms with Gasteiger partial charge in [-0.1, -0.05) is 54.1 Å². The molecule has 0 spiro atoms. The van der Waals surface area contributed by atoms with Crippen LogP contribution in [0, 0.1) is 12.7 Å². The molecule has 0 unspecified atom stereocenters. The fourth-order valence-corrected chi connectivity index (χ4v) is 1.44. The van der Waals surface area contributed by atoms with Crippen molar-refractivity contribution in [3.05, 3.63) is 71.0 Å². The van der Waals surface area contributed by atoms with Crippen molar-refractivity contribution >= 4 is 12.2 Å². The Labute approximate surface area is 95.1 Å². The van der Waals surface area contributed by atoms with Crippen molar-refractivity contribution in [3.8, 4) is 0 Å². The van der Waals surface area contributed by atoms with Crippen LogP contribution in [-0.4, -0.2) is 0 Å². The second kappa shape index (κ2) is 4.75. The summed E-state index contributed by atoms with van der Waals surface area (Å²) in [7, 11) is 0. The number of hydrogen-bond acceptors (Lipinski definition) is 0. The zero-order chi connectivity index (χ0) is 11.4. The second-order valence-corrected chi connectivity index (χ2v) is 3.80. The Bertz CT molecular complexity index is 430. The van der Waals surface area contributed by atoms with Gasteiger partial charge < -0.3 is 0 Å². The first kappa shape index (κ1) is 10.6. The standard InChI is InChI=1S/C15H13F/c1-12-2-4-13(5-3-12)6-7-14-8-10-15(16)11-9-14/h2-11H,1H3/b7-6-. The highest BCUT2D eigenvalue weighted by atomic mass is 19.1. The molecule has 2 aromatic rings. The van der Waals surface area contributed by atoms with Crippen molar-refractivity contribution in [3.63, 3.8) is 0 Å². The minimum atomic E-state index is -0.201. The summed E-state index contributed by atoms with van der Waals surface area (Å²) in [4.78, 5) is 0. The third-order valence-corrected chi connectivity index (χ3v) is 2.42. The van der Waals surface area contributed by atoms with Gasteiger partial charge in [0.15, 0.2) is 0 Å². The van der Waals surface area contributed by atoms with Crippen molar-refractivity contribution in [2.75, 3.05) is 0 Å². The largest absolute Gasteiger partial charge is 0.207 e. The lowest BCUT2D eigenvalue weighted by atomic mass is 10.1. The molecule has 0 saturated heterocycles. The molecule has 0 nitrogen and oxygen atoms in total. The van der Waals surface area contributed by atoms with Crippen molar-refractivity contribution in [1.29, 1.82) is 0 Å². The van der Waals surface area contributed by atoms with E-state index in [0.29, 0.717) is 0 Å². The van der Waals surface area contributed by atoms with Crippen LogP contribution in [0.25, 0.3) is 12.2 Å². The summed E-state index contributed by atoms with van der Waals surface area (Å²) >= 11 is 0. The van der Waals surface area contributed by atoms with Gasteiger partial charge in [0.05, 0.1) is 0 Å². The molecule has 0 atom stereocenters. The molecule has 0 amide bonds. The van der Waals surface area contributed by atoms with Crippen LogP contribution in [0.3, 0.4) is 0 Å². The molecular formula is C15H13F. The van der Waals surface area contributed by atoms with Gasteiger partial charge in [0.1, 0.15) is 5.82 Å². The molecule has 80 valence electrons. The van der Waals surface area contributed by atoms with Crippen molar-refractivity contribution < 1.29 is 4.39 Å². The Morgan fingerprint density at radius 3 is 1.69 bits per heavy atom. The summed E-state index contributed by atoms with van der Waals surface area (Å²) in [6, 6.07) is 14.7. The van der Waals surface area contributed by atoms with Crippen LogP contribution in [0.1, 0.15) is 16.7 Å². The molecule has 0 aromatic heterocycles. The Morgan fingerprint density at radius 2 is 1.19 bits per heavy atom. The molecular weight excluding hydrogens is 199 g/mol. The highest BCUT2D eigenvalue weighted by Crippen LogP contribution is 2.10. The minimum absolute atomic E-state index is 0.201. The normalized spacial score (nSPS) is 10.9. The van der Waals surface area contributed by atoms with Crippen LogP contribution in [0.5, 0.6) is 0 Å². The molecule has 1 heteroatoms. The molecule has 2 rings (SSSR count). The van der Waals surface area contributed by atoms with E-state index in [1.54, 1.807) is 12.1 Å². The molecule has 0 saturated carbocycles. The van der Waals surface area contributed by atoms with Gasteiger partial charge in [-0.2, -0.15) is 0 Å². The van der Waals surface area contributed by atoms with E-state index in [1.165, 1.54) is 17.7 Å². The maximum absolute atomic E-state index is 12.7. The predicted octanol–water partition coefficient (Wildman–Crippen LogP) is 4.30. The highest BCUT2D eigenvalue weighted by molar-refractivity contribution is 5.69. The Balaban J connectivity index is 2.15. The SMILES string of the molecule is Cc1ccc(/C=C\c2ccc(F)cc2)cc1. The lowest BCUT2D eigenvalue weighted by molar-refractivity contribution is 0.628. The molecule has 0 N–H and O–H groups in total. The summed E-state index contributed by atoms with van der Waals surface area (Å²) in [6.45, 7) is 2.06. The van der Waals surface area contributed by atoms with E-state index in [2.05, 4.69) is 31.2 Å². The molecule has 0 fully saturated rings. The van der Waals surface area contributed by atoms with Crippen LogP contribution in [0.15, 0.2) is 48.5 Å².